The maximum absolute atomic E-state index is 14.0. The molecule has 2 aliphatic rings. The molecule has 2 aromatic carbocycles. The zero-order valence-electron chi connectivity index (χ0n) is 16.1. The molecule has 0 saturated heterocycles. The molecule has 0 bridgehead atoms. The summed E-state index contributed by atoms with van der Waals surface area (Å²) in [5.41, 5.74) is 3.82. The van der Waals surface area contributed by atoms with Crippen LogP contribution in [-0.4, -0.2) is 18.1 Å². The van der Waals surface area contributed by atoms with Crippen LogP contribution in [0.4, 0.5) is 10.1 Å². The summed E-state index contributed by atoms with van der Waals surface area (Å²) in [5, 5.41) is 3.89. The number of carbonyl (C=O) groups is 1. The van der Waals surface area contributed by atoms with Crippen molar-refractivity contribution in [1.29, 1.82) is 0 Å². The third-order valence-electron chi connectivity index (χ3n) is 5.58. The highest BCUT2D eigenvalue weighted by atomic mass is 35.5. The number of carbonyl (C=O) groups excluding carboxylic acids is 1. The van der Waals surface area contributed by atoms with Crippen molar-refractivity contribution < 1.29 is 18.7 Å². The molecule has 1 N–H and O–H groups in total. The minimum atomic E-state index is -0.543. The Hall–Kier alpha value is -2.15. The molecule has 3 aromatic rings. The van der Waals surface area contributed by atoms with E-state index in [0.29, 0.717) is 11.4 Å². The summed E-state index contributed by atoms with van der Waals surface area (Å²) in [6, 6.07) is 7.12. The number of aryl methyl sites for hydroxylation is 1. The molecule has 0 fully saturated rings. The van der Waals surface area contributed by atoms with Crippen molar-refractivity contribution >= 4 is 44.6 Å². The van der Waals surface area contributed by atoms with Crippen LogP contribution in [0.25, 0.3) is 10.1 Å². The topological polar surface area (TPSA) is 47.6 Å². The molecule has 0 radical (unpaired) electrons. The second kappa shape index (κ2) is 6.69. The van der Waals surface area contributed by atoms with Gasteiger partial charge in [-0.15, -0.1) is 11.3 Å². The zero-order chi connectivity index (χ0) is 20.4. The minimum Gasteiger partial charge on any atom is -0.479 e. The predicted octanol–water partition coefficient (Wildman–Crippen LogP) is 5.77. The normalized spacial score (nSPS) is 23.3. The number of thiophene rings is 1. The molecule has 150 valence electrons. The molecule has 7 heteroatoms. The maximum Gasteiger partial charge on any atom is 0.265 e. The molecule has 5 rings (SSSR count). The van der Waals surface area contributed by atoms with E-state index < -0.39 is 11.9 Å². The average Bonchev–Trinajstić information content (AvgIpc) is 2.97. The summed E-state index contributed by atoms with van der Waals surface area (Å²) in [5.74, 6) is 0.0809. The van der Waals surface area contributed by atoms with Gasteiger partial charge in [0, 0.05) is 9.58 Å². The fraction of sp³-hybridized carbons (Fsp3) is 0.318. The van der Waals surface area contributed by atoms with Crippen molar-refractivity contribution in [2.75, 3.05) is 5.32 Å². The van der Waals surface area contributed by atoms with Gasteiger partial charge in [0.1, 0.15) is 17.7 Å². The van der Waals surface area contributed by atoms with Crippen LogP contribution in [0.5, 0.6) is 5.75 Å². The number of nitrogens with one attached hydrogen (secondary N) is 1. The van der Waals surface area contributed by atoms with E-state index in [1.54, 1.807) is 24.3 Å². The first-order valence-corrected chi connectivity index (χ1v) is 10.7. The van der Waals surface area contributed by atoms with Gasteiger partial charge >= 0.3 is 0 Å². The molecular weight excluding hydrogens is 413 g/mol. The Labute approximate surface area is 176 Å². The number of anilines is 1. The van der Waals surface area contributed by atoms with E-state index >= 15 is 0 Å². The summed E-state index contributed by atoms with van der Waals surface area (Å²) in [6.45, 7) is 5.74. The van der Waals surface area contributed by atoms with E-state index in [1.165, 1.54) is 6.07 Å². The Morgan fingerprint density at radius 2 is 2.03 bits per heavy atom. The van der Waals surface area contributed by atoms with Crippen LogP contribution in [0.1, 0.15) is 41.5 Å². The number of fused-ring (bicyclic) bond motifs is 3. The fourth-order valence-corrected chi connectivity index (χ4v) is 5.60. The highest BCUT2D eigenvalue weighted by Crippen LogP contribution is 2.46. The molecule has 0 aliphatic carbocycles. The van der Waals surface area contributed by atoms with Crippen LogP contribution in [0.3, 0.4) is 0 Å². The minimum absolute atomic E-state index is 0.00891. The molecule has 1 aromatic heterocycles. The highest BCUT2D eigenvalue weighted by Gasteiger charge is 2.33. The molecular formula is C22H19ClFNO3S. The van der Waals surface area contributed by atoms with Gasteiger partial charge in [0.15, 0.2) is 6.10 Å². The summed E-state index contributed by atoms with van der Waals surface area (Å²) in [7, 11) is 0. The summed E-state index contributed by atoms with van der Waals surface area (Å²) in [6.07, 6.45) is -0.0716. The fourth-order valence-electron chi connectivity index (χ4n) is 4.09. The van der Waals surface area contributed by atoms with Crippen molar-refractivity contribution in [2.45, 2.75) is 45.5 Å². The largest absolute Gasteiger partial charge is 0.479 e. The van der Waals surface area contributed by atoms with Crippen molar-refractivity contribution in [1.82, 2.24) is 0 Å². The van der Waals surface area contributed by atoms with Gasteiger partial charge in [0.25, 0.3) is 5.91 Å². The summed E-state index contributed by atoms with van der Waals surface area (Å²) < 4.78 is 27.1. The molecule has 29 heavy (non-hydrogen) atoms. The standard InChI is InChI=1S/C22H19ClFNO3S/c1-9-4-12-5-17-18(28-11(3)22(26)25-17)7-14(12)20(27-9)21-10(2)13-6-16(24)15(23)8-19(13)29-21/h5-9,11,20H,4H2,1-3H3,(H,25,26). The second-order valence-electron chi connectivity index (χ2n) is 7.68. The SMILES string of the molecule is Cc1c(C2OC(C)Cc3cc4c(cc32)OC(C)C(=O)N4)sc2cc(Cl)c(F)cc12. The van der Waals surface area contributed by atoms with Gasteiger partial charge in [0.05, 0.1) is 16.8 Å². The lowest BCUT2D eigenvalue weighted by Gasteiger charge is -2.33. The third kappa shape index (κ3) is 3.01. The second-order valence-corrected chi connectivity index (χ2v) is 9.17. The van der Waals surface area contributed by atoms with Gasteiger partial charge in [-0.25, -0.2) is 4.39 Å². The first kappa shape index (κ1) is 18.9. The Morgan fingerprint density at radius 1 is 1.24 bits per heavy atom. The Balaban J connectivity index is 1.66. The van der Waals surface area contributed by atoms with Crippen molar-refractivity contribution in [3.63, 3.8) is 0 Å². The number of hydrogen-bond acceptors (Lipinski definition) is 4. The van der Waals surface area contributed by atoms with Crippen LogP contribution in [0.15, 0.2) is 24.3 Å². The summed E-state index contributed by atoms with van der Waals surface area (Å²) >= 11 is 7.56. The van der Waals surface area contributed by atoms with Gasteiger partial charge in [0.2, 0.25) is 0 Å². The average molecular weight is 432 g/mol. The molecule has 0 spiro atoms. The van der Waals surface area contributed by atoms with Crippen LogP contribution in [-0.2, 0) is 16.0 Å². The van der Waals surface area contributed by atoms with Gasteiger partial charge in [-0.05, 0) is 73.5 Å². The molecule has 3 unspecified atom stereocenters. The van der Waals surface area contributed by atoms with Gasteiger partial charge < -0.3 is 14.8 Å². The Bertz CT molecular complexity index is 1170. The van der Waals surface area contributed by atoms with Crippen LogP contribution >= 0.6 is 22.9 Å². The van der Waals surface area contributed by atoms with E-state index in [2.05, 4.69) is 5.32 Å². The van der Waals surface area contributed by atoms with E-state index in [0.717, 1.165) is 38.1 Å². The van der Waals surface area contributed by atoms with Crippen molar-refractivity contribution in [3.05, 3.63) is 56.7 Å². The number of benzene rings is 2. The zero-order valence-corrected chi connectivity index (χ0v) is 17.7. The molecule has 3 heterocycles. The Morgan fingerprint density at radius 3 is 2.83 bits per heavy atom. The molecule has 3 atom stereocenters. The van der Waals surface area contributed by atoms with E-state index in [-0.39, 0.29) is 23.1 Å². The molecule has 1 amide bonds. The monoisotopic (exact) mass is 431 g/mol. The van der Waals surface area contributed by atoms with Crippen LogP contribution < -0.4 is 10.1 Å². The van der Waals surface area contributed by atoms with E-state index in [4.69, 9.17) is 21.1 Å². The molecule has 4 nitrogen and oxygen atoms in total. The molecule has 0 saturated carbocycles. The maximum atomic E-state index is 14.0. The summed E-state index contributed by atoms with van der Waals surface area (Å²) in [4.78, 5) is 13.0. The quantitative estimate of drug-likeness (QED) is 0.532. The number of halogens is 2. The van der Waals surface area contributed by atoms with Crippen LogP contribution in [0, 0.1) is 12.7 Å². The number of hydrogen-bond donors (Lipinski definition) is 1. The number of ether oxygens (including phenoxy) is 2. The third-order valence-corrected chi connectivity index (χ3v) is 7.17. The van der Waals surface area contributed by atoms with E-state index in [1.807, 2.05) is 26.0 Å². The van der Waals surface area contributed by atoms with E-state index in [9.17, 15) is 9.18 Å². The lowest BCUT2D eigenvalue weighted by Crippen LogP contribution is -2.35. The van der Waals surface area contributed by atoms with Gasteiger partial charge in [-0.2, -0.15) is 0 Å². The number of rotatable bonds is 1. The first-order chi connectivity index (χ1) is 13.8. The lowest BCUT2D eigenvalue weighted by atomic mass is 9.91. The number of amides is 1. The Kier molecular flexibility index (Phi) is 4.35. The lowest BCUT2D eigenvalue weighted by molar-refractivity contribution is -0.122. The smallest absolute Gasteiger partial charge is 0.265 e. The van der Waals surface area contributed by atoms with Gasteiger partial charge in [-0.3, -0.25) is 4.79 Å². The predicted molar refractivity (Wildman–Crippen MR) is 113 cm³/mol. The van der Waals surface area contributed by atoms with Gasteiger partial charge in [-0.1, -0.05) is 11.6 Å². The highest BCUT2D eigenvalue weighted by molar-refractivity contribution is 7.19. The van der Waals surface area contributed by atoms with Crippen LogP contribution in [0.2, 0.25) is 5.02 Å². The van der Waals surface area contributed by atoms with Crippen molar-refractivity contribution in [2.24, 2.45) is 0 Å². The van der Waals surface area contributed by atoms with Crippen molar-refractivity contribution in [3.8, 4) is 5.75 Å². The first-order valence-electron chi connectivity index (χ1n) is 9.49. The molecule has 2 aliphatic heterocycles.